The molecule has 0 aromatic carbocycles. The van der Waals surface area contributed by atoms with Gasteiger partial charge in [-0.15, -0.1) is 0 Å². The zero-order chi connectivity index (χ0) is 26.7. The van der Waals surface area contributed by atoms with E-state index in [9.17, 15) is 10.2 Å². The molecule has 3 nitrogen and oxygen atoms in total. The summed E-state index contributed by atoms with van der Waals surface area (Å²) < 4.78 is 7.00. The van der Waals surface area contributed by atoms with Crippen LogP contribution in [0.15, 0.2) is 0 Å². The highest BCUT2D eigenvalue weighted by Crippen LogP contribution is 2.69. The van der Waals surface area contributed by atoms with E-state index in [0.29, 0.717) is 59.0 Å². The van der Waals surface area contributed by atoms with Crippen LogP contribution >= 0.6 is 0 Å². The maximum atomic E-state index is 12.1. The molecule has 0 heterocycles. The van der Waals surface area contributed by atoms with Crippen LogP contribution in [0.3, 0.4) is 0 Å². The van der Waals surface area contributed by atoms with Crippen molar-refractivity contribution in [1.29, 1.82) is 0 Å². The van der Waals surface area contributed by atoms with Crippen molar-refractivity contribution in [1.82, 2.24) is 0 Å². The van der Waals surface area contributed by atoms with Crippen LogP contribution in [-0.4, -0.2) is 37.3 Å². The van der Waals surface area contributed by atoms with Crippen molar-refractivity contribution in [2.75, 3.05) is 6.61 Å². The molecule has 0 amide bonds. The molecule has 0 aromatic heterocycles. The highest BCUT2D eigenvalue weighted by molar-refractivity contribution is 6.74. The lowest BCUT2D eigenvalue weighted by Crippen LogP contribution is -2.62. The Labute approximate surface area is 224 Å². The predicted molar refractivity (Wildman–Crippen MR) is 153 cm³/mol. The first-order valence-corrected chi connectivity index (χ1v) is 18.6. The Morgan fingerprint density at radius 2 is 1.61 bits per heavy atom. The minimum Gasteiger partial charge on any atom is -0.414 e. The second-order valence-corrected chi connectivity index (χ2v) is 20.6. The lowest BCUT2D eigenvalue weighted by Gasteiger charge is -2.65. The largest absolute Gasteiger partial charge is 0.414 e. The molecule has 0 radical (unpaired) electrons. The van der Waals surface area contributed by atoms with Crippen molar-refractivity contribution in [3.63, 3.8) is 0 Å². The fraction of sp³-hybridized carbons (Fsp3) is 1.00. The molecule has 0 aliphatic heterocycles. The highest BCUT2D eigenvalue weighted by atomic mass is 28.4. The van der Waals surface area contributed by atoms with Crippen LogP contribution in [0.2, 0.25) is 18.1 Å². The van der Waals surface area contributed by atoms with Gasteiger partial charge in [0, 0.05) is 12.7 Å². The summed E-state index contributed by atoms with van der Waals surface area (Å²) in [6.07, 6.45) is 12.3. The molecule has 4 unspecified atom stereocenters. The van der Waals surface area contributed by atoms with Gasteiger partial charge >= 0.3 is 0 Å². The van der Waals surface area contributed by atoms with Crippen molar-refractivity contribution in [3.8, 4) is 0 Å². The lowest BCUT2D eigenvalue weighted by atomic mass is 9.41. The molecule has 0 saturated heterocycles. The number of fused-ring (bicyclic) bond motifs is 5. The molecule has 4 fully saturated rings. The molecule has 2 N–H and O–H groups in total. The number of aliphatic hydroxyl groups is 2. The minimum atomic E-state index is -1.79. The summed E-state index contributed by atoms with van der Waals surface area (Å²) in [6, 6.07) is 0. The highest BCUT2D eigenvalue weighted by Gasteiger charge is 2.65. The minimum absolute atomic E-state index is 0.152. The van der Waals surface area contributed by atoms with Gasteiger partial charge in [0.25, 0.3) is 0 Å². The van der Waals surface area contributed by atoms with Crippen molar-refractivity contribution in [2.24, 2.45) is 52.3 Å². The number of hydrogen-bond donors (Lipinski definition) is 2. The molecular formula is C32H60O3Si. The van der Waals surface area contributed by atoms with Gasteiger partial charge in [0.05, 0.1) is 6.10 Å². The average Bonchev–Trinajstić information content (AvgIpc) is 3.15. The Morgan fingerprint density at radius 3 is 2.22 bits per heavy atom. The Balaban J connectivity index is 1.57. The Kier molecular flexibility index (Phi) is 8.28. The summed E-state index contributed by atoms with van der Waals surface area (Å²) in [5, 5.41) is 21.8. The third-order valence-corrected chi connectivity index (χ3v) is 17.8. The molecule has 4 rings (SSSR count). The molecule has 0 spiro atoms. The Bertz CT molecular complexity index is 761. The quantitative estimate of drug-likeness (QED) is 0.334. The van der Waals surface area contributed by atoms with Crippen molar-refractivity contribution >= 4 is 8.32 Å². The maximum Gasteiger partial charge on any atom is 0.192 e. The van der Waals surface area contributed by atoms with E-state index < -0.39 is 8.32 Å². The first kappa shape index (κ1) is 29.1. The summed E-state index contributed by atoms with van der Waals surface area (Å²) in [6.45, 7) is 22.2. The SMILES string of the molecule is CC[C@H]1[C@@H](O)C2C3CC[C@H]([C@H](C)CCCO)[C@@]3(C)CCC2[C@@]2(C)CCC(O[Si](C)(C)C(C)(C)C)C[C@@H]12. The van der Waals surface area contributed by atoms with Gasteiger partial charge in [0.2, 0.25) is 0 Å². The topological polar surface area (TPSA) is 49.7 Å². The Morgan fingerprint density at radius 1 is 0.972 bits per heavy atom. The van der Waals surface area contributed by atoms with Gasteiger partial charge in [0.15, 0.2) is 8.32 Å². The summed E-state index contributed by atoms with van der Waals surface area (Å²) in [7, 11) is -1.79. The fourth-order valence-corrected chi connectivity index (χ4v) is 11.6. The van der Waals surface area contributed by atoms with Gasteiger partial charge in [-0.1, -0.05) is 54.9 Å². The van der Waals surface area contributed by atoms with E-state index in [4.69, 9.17) is 4.43 Å². The van der Waals surface area contributed by atoms with Gasteiger partial charge < -0.3 is 14.6 Å². The molecule has 4 aliphatic carbocycles. The van der Waals surface area contributed by atoms with Crippen molar-refractivity contribution in [2.45, 2.75) is 143 Å². The van der Waals surface area contributed by atoms with E-state index in [1.807, 2.05) is 0 Å². The summed E-state index contributed by atoms with van der Waals surface area (Å²) in [5.74, 6) is 4.24. The average molecular weight is 521 g/mol. The van der Waals surface area contributed by atoms with Crippen LogP contribution < -0.4 is 0 Å². The zero-order valence-electron chi connectivity index (χ0n) is 25.3. The number of aliphatic hydroxyl groups excluding tert-OH is 2. The van der Waals surface area contributed by atoms with Crippen LogP contribution in [0.25, 0.3) is 0 Å². The number of hydrogen-bond acceptors (Lipinski definition) is 3. The molecule has 4 heteroatoms. The molecule has 4 aliphatic rings. The van der Waals surface area contributed by atoms with E-state index in [1.54, 1.807) is 0 Å². The second kappa shape index (κ2) is 10.2. The standard InChI is InChI=1S/C32H60O3Si/c1-10-23-27-20-22(35-36(8,9)30(3,4)5)15-17-32(27,7)26-16-18-31(6)24(21(2)12-11-19-33)13-14-25(31)28(26)29(23)34/h21-29,33-34H,10-20H2,1-9H3/t21-,22?,23-,24-,25?,26?,27+,28?,29-,31-,32-/m1/s1. The molecule has 11 atom stereocenters. The molecule has 36 heavy (non-hydrogen) atoms. The first-order chi connectivity index (χ1) is 16.7. The monoisotopic (exact) mass is 520 g/mol. The summed E-state index contributed by atoms with van der Waals surface area (Å²) >= 11 is 0. The van der Waals surface area contributed by atoms with Gasteiger partial charge in [0.1, 0.15) is 0 Å². The second-order valence-electron chi connectivity index (χ2n) is 15.8. The fourth-order valence-electron chi connectivity index (χ4n) is 10.2. The van der Waals surface area contributed by atoms with Crippen molar-refractivity contribution in [3.05, 3.63) is 0 Å². The van der Waals surface area contributed by atoms with Crippen LogP contribution in [0.5, 0.6) is 0 Å². The molecule has 4 saturated carbocycles. The first-order valence-electron chi connectivity index (χ1n) is 15.7. The van der Waals surface area contributed by atoms with Crippen LogP contribution in [0, 0.1) is 52.3 Å². The third kappa shape index (κ3) is 4.71. The zero-order valence-corrected chi connectivity index (χ0v) is 26.3. The number of rotatable bonds is 7. The molecule has 0 bridgehead atoms. The smallest absolute Gasteiger partial charge is 0.192 e. The summed E-state index contributed by atoms with van der Waals surface area (Å²) in [4.78, 5) is 0. The lowest BCUT2D eigenvalue weighted by molar-refractivity contribution is -0.202. The van der Waals surface area contributed by atoms with E-state index in [2.05, 4.69) is 61.6 Å². The van der Waals surface area contributed by atoms with Gasteiger partial charge in [-0.05, 0) is 128 Å². The van der Waals surface area contributed by atoms with E-state index in [0.717, 1.165) is 31.6 Å². The predicted octanol–water partition coefficient (Wildman–Crippen LogP) is 8.05. The van der Waals surface area contributed by atoms with Gasteiger partial charge in [-0.2, -0.15) is 0 Å². The van der Waals surface area contributed by atoms with Crippen LogP contribution in [0.4, 0.5) is 0 Å². The third-order valence-electron chi connectivity index (χ3n) is 13.2. The van der Waals surface area contributed by atoms with Crippen LogP contribution in [-0.2, 0) is 4.43 Å². The molecule has 0 aromatic rings. The molecule has 210 valence electrons. The van der Waals surface area contributed by atoms with E-state index >= 15 is 0 Å². The van der Waals surface area contributed by atoms with Crippen LogP contribution in [0.1, 0.15) is 113 Å². The van der Waals surface area contributed by atoms with E-state index in [1.165, 1.54) is 38.5 Å². The molecular weight excluding hydrogens is 460 g/mol. The van der Waals surface area contributed by atoms with Gasteiger partial charge in [-0.25, -0.2) is 0 Å². The van der Waals surface area contributed by atoms with E-state index in [-0.39, 0.29) is 11.1 Å². The van der Waals surface area contributed by atoms with Crippen molar-refractivity contribution < 1.29 is 14.6 Å². The Hall–Kier alpha value is 0.0969. The summed E-state index contributed by atoms with van der Waals surface area (Å²) in [5.41, 5.74) is 0.709. The van der Waals surface area contributed by atoms with Gasteiger partial charge in [-0.3, -0.25) is 0 Å². The maximum absolute atomic E-state index is 12.1. The normalized spacial score (nSPS) is 46.1.